The molecule has 214 valence electrons. The summed E-state index contributed by atoms with van der Waals surface area (Å²) in [7, 11) is 0. The zero-order valence-corrected chi connectivity index (χ0v) is 23.3. The zero-order valence-electron chi connectivity index (χ0n) is 22.5. The molecule has 1 aliphatic carbocycles. The number of amides is 1. The lowest BCUT2D eigenvalue weighted by molar-refractivity contribution is -0.120. The molecule has 0 aliphatic heterocycles. The Kier molecular flexibility index (Phi) is 8.98. The molecule has 0 unspecified atom stereocenters. The molecule has 1 heterocycles. The minimum atomic E-state index is -0.956. The predicted molar refractivity (Wildman–Crippen MR) is 155 cm³/mol. The number of nitrogens with two attached hydrogens (primary N) is 1. The second-order valence-corrected chi connectivity index (χ2v) is 10.3. The number of nitriles is 1. The lowest BCUT2D eigenvalue weighted by atomic mass is 9.96. The van der Waals surface area contributed by atoms with Crippen LogP contribution in [0.25, 0.3) is 11.1 Å². The molecule has 8 nitrogen and oxygen atoms in total. The van der Waals surface area contributed by atoms with Gasteiger partial charge in [0.2, 0.25) is 5.91 Å². The van der Waals surface area contributed by atoms with Crippen molar-refractivity contribution in [1.29, 1.82) is 5.26 Å². The van der Waals surface area contributed by atoms with E-state index in [2.05, 4.69) is 16.4 Å². The van der Waals surface area contributed by atoms with E-state index >= 15 is 0 Å². The highest BCUT2D eigenvalue weighted by Gasteiger charge is 2.28. The van der Waals surface area contributed by atoms with Crippen molar-refractivity contribution in [3.05, 3.63) is 112 Å². The van der Waals surface area contributed by atoms with Crippen LogP contribution in [0.1, 0.15) is 40.3 Å². The van der Waals surface area contributed by atoms with Crippen LogP contribution in [0.4, 0.5) is 4.39 Å². The van der Waals surface area contributed by atoms with E-state index in [1.807, 2.05) is 24.3 Å². The second kappa shape index (κ2) is 13.0. The van der Waals surface area contributed by atoms with Crippen molar-refractivity contribution in [1.82, 2.24) is 10.3 Å². The summed E-state index contributed by atoms with van der Waals surface area (Å²) in [4.78, 5) is 15.7. The fraction of sp³-hybridized carbons (Fsp3) is 0.219. The van der Waals surface area contributed by atoms with Crippen LogP contribution in [0.15, 0.2) is 73.1 Å². The molecule has 0 bridgehead atoms. The highest BCUT2D eigenvalue weighted by Crippen LogP contribution is 2.43. The maximum atomic E-state index is 14.6. The van der Waals surface area contributed by atoms with Gasteiger partial charge in [-0.15, -0.1) is 0 Å². The third-order valence-electron chi connectivity index (χ3n) is 7.15. The van der Waals surface area contributed by atoms with Crippen LogP contribution in [0, 0.1) is 17.1 Å². The summed E-state index contributed by atoms with van der Waals surface area (Å²) in [5.41, 5.74) is 10.4. The van der Waals surface area contributed by atoms with Crippen molar-refractivity contribution in [2.75, 3.05) is 6.61 Å². The lowest BCUT2D eigenvalue weighted by Crippen LogP contribution is -2.43. The number of carbonyl (C=O) groups is 1. The highest BCUT2D eigenvalue weighted by molar-refractivity contribution is 6.32. The molecule has 1 aromatic heterocycles. The number of benzene rings is 3. The molecule has 0 saturated heterocycles. The van der Waals surface area contributed by atoms with Crippen molar-refractivity contribution in [3.63, 3.8) is 0 Å². The number of fused-ring (bicyclic) bond motifs is 1. The number of aliphatic hydroxyl groups excluding tert-OH is 1. The topological polar surface area (TPSA) is 130 Å². The first-order valence-electron chi connectivity index (χ1n) is 13.3. The van der Waals surface area contributed by atoms with Crippen molar-refractivity contribution in [2.45, 2.75) is 38.1 Å². The number of aromatic nitrogens is 1. The molecule has 1 aliphatic rings. The lowest BCUT2D eigenvalue weighted by Gasteiger charge is -2.20. The van der Waals surface area contributed by atoms with Crippen LogP contribution >= 0.6 is 11.6 Å². The van der Waals surface area contributed by atoms with Crippen molar-refractivity contribution >= 4 is 17.5 Å². The summed E-state index contributed by atoms with van der Waals surface area (Å²) in [6.45, 7) is -0.241. The van der Waals surface area contributed by atoms with E-state index in [1.165, 1.54) is 12.3 Å². The number of halogens is 2. The standard InChI is InChI=1S/C32H28ClFN4O4/c33-26-11-21(16-38-28(17-39)32(36)40)30(41-18-20-10-19(13-35)14-37-15-20)12-31(26)42-29-9-8-23-22(5-3-6-25(23)29)24-4-1-2-7-27(24)34/h1-7,10-12,14-15,28-29,38-39H,8-9,16-18H2,(H2,36,40)/t28-,29+/m1/s1. The van der Waals surface area contributed by atoms with Crippen molar-refractivity contribution in [2.24, 2.45) is 5.73 Å². The molecular formula is C32H28ClFN4O4. The van der Waals surface area contributed by atoms with E-state index in [9.17, 15) is 19.6 Å². The first kappa shape index (κ1) is 29.0. The number of nitrogens with one attached hydrogen (secondary N) is 1. The molecule has 10 heteroatoms. The highest BCUT2D eigenvalue weighted by atomic mass is 35.5. The van der Waals surface area contributed by atoms with Crippen molar-refractivity contribution < 1.29 is 23.8 Å². The molecule has 3 aromatic carbocycles. The van der Waals surface area contributed by atoms with Gasteiger partial charge in [0.25, 0.3) is 0 Å². The third-order valence-corrected chi connectivity index (χ3v) is 7.44. The molecule has 0 saturated carbocycles. The van der Waals surface area contributed by atoms with Crippen LogP contribution in [0.5, 0.6) is 11.5 Å². The van der Waals surface area contributed by atoms with Gasteiger partial charge in [0.15, 0.2) is 0 Å². The molecule has 2 atom stereocenters. The minimum absolute atomic E-state index is 0.105. The molecule has 0 spiro atoms. The van der Waals surface area contributed by atoms with E-state index in [-0.39, 0.29) is 25.1 Å². The molecule has 5 rings (SSSR count). The molecule has 4 N–H and O–H groups in total. The number of hydrogen-bond donors (Lipinski definition) is 3. The normalized spacial score (nSPS) is 14.6. The summed E-state index contributed by atoms with van der Waals surface area (Å²) in [6.07, 6.45) is 4.14. The molecule has 0 radical (unpaired) electrons. The number of hydrogen-bond acceptors (Lipinski definition) is 7. The van der Waals surface area contributed by atoms with Crippen LogP contribution in [0.2, 0.25) is 5.02 Å². The van der Waals surface area contributed by atoms with E-state index < -0.39 is 18.6 Å². The Bertz CT molecular complexity index is 1660. The van der Waals surface area contributed by atoms with Gasteiger partial charge in [0.05, 0.1) is 17.2 Å². The Morgan fingerprint density at radius 1 is 1.17 bits per heavy atom. The summed E-state index contributed by atoms with van der Waals surface area (Å²) >= 11 is 6.68. The Hall–Kier alpha value is -4.49. The number of pyridine rings is 1. The van der Waals surface area contributed by atoms with Gasteiger partial charge < -0.3 is 20.3 Å². The Morgan fingerprint density at radius 2 is 1.98 bits per heavy atom. The quantitative estimate of drug-likeness (QED) is 0.226. The smallest absolute Gasteiger partial charge is 0.236 e. The van der Waals surface area contributed by atoms with E-state index in [0.29, 0.717) is 51.6 Å². The van der Waals surface area contributed by atoms with Gasteiger partial charge in [-0.3, -0.25) is 15.1 Å². The van der Waals surface area contributed by atoms with Crippen LogP contribution < -0.4 is 20.5 Å². The first-order valence-corrected chi connectivity index (χ1v) is 13.7. The van der Waals surface area contributed by atoms with Crippen LogP contribution in [0.3, 0.4) is 0 Å². The van der Waals surface area contributed by atoms with Gasteiger partial charge in [-0.05, 0) is 47.7 Å². The van der Waals surface area contributed by atoms with E-state index in [4.69, 9.17) is 26.8 Å². The summed E-state index contributed by atoms with van der Waals surface area (Å²) in [5.74, 6) is -0.162. The van der Waals surface area contributed by atoms with Gasteiger partial charge in [0.1, 0.15) is 42.1 Å². The van der Waals surface area contributed by atoms with Gasteiger partial charge >= 0.3 is 0 Å². The zero-order chi connectivity index (χ0) is 29.6. The predicted octanol–water partition coefficient (Wildman–Crippen LogP) is 4.99. The maximum absolute atomic E-state index is 14.6. The number of nitrogens with zero attached hydrogens (tertiary/aromatic N) is 2. The van der Waals surface area contributed by atoms with Crippen molar-refractivity contribution in [3.8, 4) is 28.7 Å². The Morgan fingerprint density at radius 3 is 2.74 bits per heavy atom. The van der Waals surface area contributed by atoms with Gasteiger partial charge in [0, 0.05) is 41.7 Å². The minimum Gasteiger partial charge on any atom is -0.488 e. The van der Waals surface area contributed by atoms with Crippen LogP contribution in [-0.2, 0) is 24.4 Å². The fourth-order valence-electron chi connectivity index (χ4n) is 5.04. The maximum Gasteiger partial charge on any atom is 0.236 e. The number of carbonyl (C=O) groups excluding carboxylic acids is 1. The largest absolute Gasteiger partial charge is 0.488 e. The Balaban J connectivity index is 1.43. The van der Waals surface area contributed by atoms with E-state index in [1.54, 1.807) is 36.5 Å². The van der Waals surface area contributed by atoms with E-state index in [0.717, 1.165) is 16.7 Å². The summed E-state index contributed by atoms with van der Waals surface area (Å²) in [6, 6.07) is 18.6. The monoisotopic (exact) mass is 586 g/mol. The first-order chi connectivity index (χ1) is 20.4. The number of aliphatic hydroxyl groups is 1. The van der Waals surface area contributed by atoms with Gasteiger partial charge in [-0.2, -0.15) is 5.26 Å². The number of rotatable bonds is 11. The molecule has 42 heavy (non-hydrogen) atoms. The average molecular weight is 587 g/mol. The number of ether oxygens (including phenoxy) is 2. The molecule has 4 aromatic rings. The molecule has 1 amide bonds. The second-order valence-electron chi connectivity index (χ2n) is 9.89. The Labute approximate surface area is 247 Å². The fourth-order valence-corrected chi connectivity index (χ4v) is 5.27. The molecule has 0 fully saturated rings. The third kappa shape index (κ3) is 6.37. The van der Waals surface area contributed by atoms with Gasteiger partial charge in [-0.1, -0.05) is 48.0 Å². The summed E-state index contributed by atoms with van der Waals surface area (Å²) in [5, 5.41) is 21.9. The number of primary amides is 1. The summed E-state index contributed by atoms with van der Waals surface area (Å²) < 4.78 is 27.2. The average Bonchev–Trinajstić information content (AvgIpc) is 3.41. The van der Waals surface area contributed by atoms with Crippen LogP contribution in [-0.4, -0.2) is 28.6 Å². The molecular weight excluding hydrogens is 559 g/mol. The SMILES string of the molecule is N#Cc1cncc(COc2cc(O[C@H]3CCc4c(-c5ccccc5F)cccc43)c(Cl)cc2CN[C@H](CO)C(N)=O)c1. The van der Waals surface area contributed by atoms with Gasteiger partial charge in [-0.25, -0.2) is 4.39 Å².